The van der Waals surface area contributed by atoms with Crippen molar-refractivity contribution in [3.05, 3.63) is 156 Å². The second-order valence-corrected chi connectivity index (χ2v) is 12.3. The Morgan fingerprint density at radius 1 is 0.641 bits per heavy atom. The standard InChI is InChI=1S/C36H29N2P/c37-35-32-15-7-11-27-12-8-16-33(34(27)32)36(35)38-28-19-23-31(24-20-28)39(29-13-5-2-6-14-29)30-21-17-26(18-22-30)25-9-3-1-4-10-25/h1-19,21-24,28,38H,20,37H2. The van der Waals surface area contributed by atoms with Crippen LogP contribution >= 0.6 is 7.92 Å². The summed E-state index contributed by atoms with van der Waals surface area (Å²) in [6, 6.07) is 43.6. The van der Waals surface area contributed by atoms with Crippen molar-refractivity contribution >= 4 is 40.7 Å². The van der Waals surface area contributed by atoms with E-state index >= 15 is 0 Å². The quantitative estimate of drug-likeness (QED) is 0.227. The van der Waals surface area contributed by atoms with E-state index < -0.39 is 7.92 Å². The summed E-state index contributed by atoms with van der Waals surface area (Å²) in [4.78, 5) is 0. The normalized spacial score (nSPS) is 16.8. The van der Waals surface area contributed by atoms with Crippen LogP contribution in [0, 0.1) is 0 Å². The van der Waals surface area contributed by atoms with Gasteiger partial charge in [0.2, 0.25) is 0 Å². The molecule has 0 aliphatic heterocycles. The Balaban J connectivity index is 1.16. The Kier molecular flexibility index (Phi) is 6.11. The van der Waals surface area contributed by atoms with E-state index in [9.17, 15) is 0 Å². The van der Waals surface area contributed by atoms with Gasteiger partial charge in [-0.25, -0.2) is 0 Å². The summed E-state index contributed by atoms with van der Waals surface area (Å²) < 4.78 is 0. The summed E-state index contributed by atoms with van der Waals surface area (Å²) in [5.74, 6) is 0. The van der Waals surface area contributed by atoms with Crippen LogP contribution in [0.1, 0.15) is 17.5 Å². The van der Waals surface area contributed by atoms with Crippen molar-refractivity contribution in [1.29, 1.82) is 0 Å². The lowest BCUT2D eigenvalue weighted by molar-refractivity contribution is 0.719. The fraction of sp³-hybridized carbons (Fsp3) is 0.0556. The topological polar surface area (TPSA) is 38.0 Å². The zero-order valence-electron chi connectivity index (χ0n) is 21.6. The Labute approximate surface area is 231 Å². The zero-order valence-corrected chi connectivity index (χ0v) is 22.5. The number of hydrogen-bond donors (Lipinski definition) is 2. The second kappa shape index (κ2) is 10.1. The summed E-state index contributed by atoms with van der Waals surface area (Å²) in [6.07, 6.45) is 7.98. The molecule has 0 radical (unpaired) electrons. The highest BCUT2D eigenvalue weighted by atomic mass is 31.1. The molecule has 2 aliphatic rings. The smallest absolute Gasteiger partial charge is 0.0665 e. The van der Waals surface area contributed by atoms with E-state index in [0.717, 1.165) is 23.4 Å². The van der Waals surface area contributed by atoms with Crippen LogP contribution in [-0.4, -0.2) is 6.04 Å². The van der Waals surface area contributed by atoms with Crippen molar-refractivity contribution in [1.82, 2.24) is 5.32 Å². The predicted octanol–water partition coefficient (Wildman–Crippen LogP) is 7.54. The van der Waals surface area contributed by atoms with Gasteiger partial charge in [0.25, 0.3) is 0 Å². The summed E-state index contributed by atoms with van der Waals surface area (Å²) in [5, 5.41) is 10.4. The van der Waals surface area contributed by atoms with E-state index in [1.807, 2.05) is 0 Å². The number of nitrogens with one attached hydrogen (secondary N) is 1. The van der Waals surface area contributed by atoms with E-state index in [1.165, 1.54) is 43.4 Å². The molecule has 2 unspecified atom stereocenters. The SMILES string of the molecule is NC1=C(NC2C=CC(P(c3ccccc3)c3ccc(-c4ccccc4)cc3)=CC2)c2cccc3cccc1c23. The maximum atomic E-state index is 6.66. The third-order valence-electron chi connectivity index (χ3n) is 7.65. The number of rotatable bonds is 6. The molecular weight excluding hydrogens is 491 g/mol. The van der Waals surface area contributed by atoms with Gasteiger partial charge in [-0.05, 0) is 46.8 Å². The van der Waals surface area contributed by atoms with Crippen LogP contribution in [0.4, 0.5) is 0 Å². The van der Waals surface area contributed by atoms with Crippen LogP contribution in [0.25, 0.3) is 33.3 Å². The fourth-order valence-corrected chi connectivity index (χ4v) is 8.07. The largest absolute Gasteiger partial charge is 0.397 e. The molecule has 0 bridgehead atoms. The molecule has 2 aliphatic carbocycles. The molecule has 2 nitrogen and oxygen atoms in total. The fourth-order valence-electron chi connectivity index (χ4n) is 5.73. The highest BCUT2D eigenvalue weighted by Crippen LogP contribution is 2.46. The molecule has 5 aromatic carbocycles. The van der Waals surface area contributed by atoms with Gasteiger partial charge in [-0.1, -0.05) is 140 Å². The molecule has 39 heavy (non-hydrogen) atoms. The van der Waals surface area contributed by atoms with Crippen LogP contribution in [-0.2, 0) is 0 Å². The summed E-state index contributed by atoms with van der Waals surface area (Å²) in [7, 11) is -0.649. The average Bonchev–Trinajstić information content (AvgIpc) is 3.27. The lowest BCUT2D eigenvalue weighted by Gasteiger charge is -2.26. The number of allylic oxidation sites excluding steroid dienone is 2. The molecule has 0 heterocycles. The van der Waals surface area contributed by atoms with Crippen molar-refractivity contribution in [3.8, 4) is 11.1 Å². The predicted molar refractivity (Wildman–Crippen MR) is 168 cm³/mol. The molecule has 0 saturated heterocycles. The number of hydrogen-bond acceptors (Lipinski definition) is 2. The Morgan fingerprint density at radius 3 is 1.97 bits per heavy atom. The molecule has 5 aromatic rings. The van der Waals surface area contributed by atoms with Crippen LogP contribution in [0.5, 0.6) is 0 Å². The van der Waals surface area contributed by atoms with E-state index in [-0.39, 0.29) is 6.04 Å². The van der Waals surface area contributed by atoms with E-state index in [4.69, 9.17) is 5.73 Å². The number of nitrogens with two attached hydrogens (primary N) is 1. The first-order valence-electron chi connectivity index (χ1n) is 13.4. The lowest BCUT2D eigenvalue weighted by atomic mass is 10.0. The molecule has 0 amide bonds. The lowest BCUT2D eigenvalue weighted by Crippen LogP contribution is -2.27. The highest BCUT2D eigenvalue weighted by molar-refractivity contribution is 7.77. The molecule has 3 N–H and O–H groups in total. The van der Waals surface area contributed by atoms with Crippen LogP contribution in [0.15, 0.2) is 145 Å². The van der Waals surface area contributed by atoms with Gasteiger partial charge in [-0.2, -0.15) is 0 Å². The van der Waals surface area contributed by atoms with Gasteiger partial charge in [0.1, 0.15) is 0 Å². The molecule has 2 atom stereocenters. The minimum absolute atomic E-state index is 0.194. The van der Waals surface area contributed by atoms with Crippen molar-refractivity contribution in [3.63, 3.8) is 0 Å². The van der Waals surface area contributed by atoms with Crippen LogP contribution < -0.4 is 21.7 Å². The van der Waals surface area contributed by atoms with Gasteiger partial charge < -0.3 is 11.1 Å². The zero-order chi connectivity index (χ0) is 26.2. The maximum absolute atomic E-state index is 6.66. The monoisotopic (exact) mass is 520 g/mol. The Bertz CT molecular complexity index is 1740. The van der Waals surface area contributed by atoms with E-state index in [2.05, 4.69) is 145 Å². The average molecular weight is 521 g/mol. The summed E-state index contributed by atoms with van der Waals surface area (Å²) in [6.45, 7) is 0. The van der Waals surface area contributed by atoms with Crippen molar-refractivity contribution in [2.45, 2.75) is 12.5 Å². The molecule has 0 aromatic heterocycles. The number of benzene rings is 5. The van der Waals surface area contributed by atoms with Gasteiger partial charge in [-0.3, -0.25) is 0 Å². The van der Waals surface area contributed by atoms with Gasteiger partial charge >= 0.3 is 0 Å². The first kappa shape index (κ1) is 23.7. The van der Waals surface area contributed by atoms with Crippen LogP contribution in [0.3, 0.4) is 0 Å². The second-order valence-electron chi connectivity index (χ2n) is 10.1. The third-order valence-corrected chi connectivity index (χ3v) is 10.1. The van der Waals surface area contributed by atoms with E-state index in [1.54, 1.807) is 0 Å². The molecule has 0 saturated carbocycles. The van der Waals surface area contributed by atoms with Crippen LogP contribution in [0.2, 0.25) is 0 Å². The first-order valence-corrected chi connectivity index (χ1v) is 14.8. The molecule has 7 rings (SSSR count). The molecule has 0 spiro atoms. The van der Waals surface area contributed by atoms with Gasteiger partial charge in [-0.15, -0.1) is 0 Å². The Hall–Kier alpha value is -4.39. The summed E-state index contributed by atoms with van der Waals surface area (Å²) >= 11 is 0. The first-order chi connectivity index (χ1) is 19.3. The minimum atomic E-state index is -0.649. The third kappa shape index (κ3) is 4.38. The Morgan fingerprint density at radius 2 is 1.28 bits per heavy atom. The van der Waals surface area contributed by atoms with Crippen molar-refractivity contribution in [2.75, 3.05) is 0 Å². The maximum Gasteiger partial charge on any atom is 0.0665 e. The van der Waals surface area contributed by atoms with E-state index in [0.29, 0.717) is 0 Å². The van der Waals surface area contributed by atoms with Crippen molar-refractivity contribution in [2.24, 2.45) is 5.73 Å². The minimum Gasteiger partial charge on any atom is -0.397 e. The van der Waals surface area contributed by atoms with Gasteiger partial charge in [0.05, 0.1) is 11.4 Å². The van der Waals surface area contributed by atoms with Gasteiger partial charge in [0, 0.05) is 22.6 Å². The highest BCUT2D eigenvalue weighted by Gasteiger charge is 2.25. The summed E-state index contributed by atoms with van der Waals surface area (Å²) in [5.41, 5.74) is 13.4. The molecule has 188 valence electrons. The molecular formula is C36H29N2P. The molecule has 0 fully saturated rings. The van der Waals surface area contributed by atoms with Gasteiger partial charge in [0.15, 0.2) is 0 Å². The molecule has 3 heteroatoms. The van der Waals surface area contributed by atoms with Crippen molar-refractivity contribution < 1.29 is 0 Å².